The van der Waals surface area contributed by atoms with Crippen LogP contribution in [0.1, 0.15) is 17.5 Å². The lowest BCUT2D eigenvalue weighted by Gasteiger charge is -2.19. The summed E-state index contributed by atoms with van der Waals surface area (Å²) in [6, 6.07) is 44.5. The number of rotatable bonds is 6. The molecule has 0 spiro atoms. The fourth-order valence-corrected chi connectivity index (χ4v) is 6.23. The van der Waals surface area contributed by atoms with E-state index in [1.807, 2.05) is 12.2 Å². The van der Waals surface area contributed by atoms with Gasteiger partial charge in [0, 0.05) is 0 Å². The molecule has 6 aromatic rings. The number of benzene rings is 6. The smallest absolute Gasteiger partial charge is 0.00992 e. The molecular formula is C42H32. The molecule has 0 heteroatoms. The van der Waals surface area contributed by atoms with E-state index >= 15 is 0 Å². The van der Waals surface area contributed by atoms with Crippen LogP contribution in [0, 0.1) is 0 Å². The maximum Gasteiger partial charge on any atom is -0.00992 e. The minimum Gasteiger partial charge on any atom is -0.0991 e. The Morgan fingerprint density at radius 1 is 0.571 bits per heavy atom. The van der Waals surface area contributed by atoms with E-state index in [0.29, 0.717) is 0 Å². The Hall–Kier alpha value is -5.20. The molecule has 0 saturated heterocycles. The monoisotopic (exact) mass is 536 g/mol. The molecule has 1 aliphatic carbocycles. The summed E-state index contributed by atoms with van der Waals surface area (Å²) >= 11 is 0. The van der Waals surface area contributed by atoms with Gasteiger partial charge in [-0.2, -0.15) is 0 Å². The average molecular weight is 537 g/mol. The van der Waals surface area contributed by atoms with E-state index in [0.717, 1.165) is 18.4 Å². The molecule has 0 heterocycles. The van der Waals surface area contributed by atoms with Crippen LogP contribution < -0.4 is 0 Å². The van der Waals surface area contributed by atoms with Crippen molar-refractivity contribution in [1.82, 2.24) is 0 Å². The van der Waals surface area contributed by atoms with Crippen molar-refractivity contribution in [2.24, 2.45) is 0 Å². The molecular weight excluding hydrogens is 504 g/mol. The molecule has 0 amide bonds. The summed E-state index contributed by atoms with van der Waals surface area (Å²) in [5, 5.41) is 5.07. The van der Waals surface area contributed by atoms with Gasteiger partial charge in [0.25, 0.3) is 0 Å². The van der Waals surface area contributed by atoms with E-state index < -0.39 is 0 Å². The second-order valence-corrected chi connectivity index (χ2v) is 11.1. The van der Waals surface area contributed by atoms with Crippen LogP contribution in [-0.4, -0.2) is 0 Å². The molecule has 0 saturated carbocycles. The van der Waals surface area contributed by atoms with Crippen molar-refractivity contribution in [3.05, 3.63) is 175 Å². The molecule has 7 rings (SSSR count). The lowest BCUT2D eigenvalue weighted by Crippen LogP contribution is -2.01. The van der Waals surface area contributed by atoms with Crippen LogP contribution >= 0.6 is 0 Å². The zero-order chi connectivity index (χ0) is 28.5. The molecule has 6 aromatic carbocycles. The average Bonchev–Trinajstić information content (AvgIpc) is 3.06. The maximum atomic E-state index is 4.25. The molecule has 0 aliphatic heterocycles. The van der Waals surface area contributed by atoms with E-state index in [-0.39, 0.29) is 0 Å². The minimum absolute atomic E-state index is 1.01. The molecule has 0 bridgehead atoms. The van der Waals surface area contributed by atoms with Gasteiger partial charge >= 0.3 is 0 Å². The van der Waals surface area contributed by atoms with Gasteiger partial charge in [-0.05, 0) is 102 Å². The first-order chi connectivity index (χ1) is 20.7. The lowest BCUT2D eigenvalue weighted by atomic mass is 9.86. The fourth-order valence-electron chi connectivity index (χ4n) is 6.23. The standard InChI is InChI=1S/C42H32/c1-3-4-10-29(2)31-15-16-35-27-37(21-19-33(35)25-31)39-23-24-40(42-14-9-8-13-41(39)42)38-22-20-34-26-32(17-18-36(34)28-38)30-11-6-5-7-12-30/h3-14,17-28H,1-2,15-16H2/b10-4-. The molecule has 200 valence electrons. The second kappa shape index (κ2) is 11.0. The third-order valence-corrected chi connectivity index (χ3v) is 8.48. The summed E-state index contributed by atoms with van der Waals surface area (Å²) in [7, 11) is 0. The highest BCUT2D eigenvalue weighted by Gasteiger charge is 2.15. The van der Waals surface area contributed by atoms with Crippen molar-refractivity contribution in [1.29, 1.82) is 0 Å². The summed E-state index contributed by atoms with van der Waals surface area (Å²) in [5.41, 5.74) is 12.6. The minimum atomic E-state index is 1.01. The predicted octanol–water partition coefficient (Wildman–Crippen LogP) is 11.6. The normalized spacial score (nSPS) is 12.8. The van der Waals surface area contributed by atoms with Crippen LogP contribution in [0.3, 0.4) is 0 Å². The van der Waals surface area contributed by atoms with Crippen LogP contribution in [0.15, 0.2) is 164 Å². The van der Waals surface area contributed by atoms with Crippen molar-refractivity contribution < 1.29 is 0 Å². The highest BCUT2D eigenvalue weighted by molar-refractivity contribution is 6.06. The topological polar surface area (TPSA) is 0 Å². The maximum absolute atomic E-state index is 4.25. The third kappa shape index (κ3) is 4.82. The number of fused-ring (bicyclic) bond motifs is 3. The van der Waals surface area contributed by atoms with Gasteiger partial charge in [-0.1, -0.05) is 147 Å². The van der Waals surface area contributed by atoms with Crippen LogP contribution in [0.4, 0.5) is 0 Å². The lowest BCUT2D eigenvalue weighted by molar-refractivity contribution is 0.942. The Balaban J connectivity index is 1.25. The first-order valence-corrected chi connectivity index (χ1v) is 14.6. The third-order valence-electron chi connectivity index (χ3n) is 8.48. The van der Waals surface area contributed by atoms with Gasteiger partial charge in [-0.15, -0.1) is 0 Å². The Bertz CT molecular complexity index is 2050. The van der Waals surface area contributed by atoms with Gasteiger partial charge in [-0.25, -0.2) is 0 Å². The molecule has 0 fully saturated rings. The first-order valence-electron chi connectivity index (χ1n) is 14.6. The Morgan fingerprint density at radius 2 is 1.19 bits per heavy atom. The van der Waals surface area contributed by atoms with Gasteiger partial charge in [-0.3, -0.25) is 0 Å². The summed E-state index contributed by atoms with van der Waals surface area (Å²) in [5.74, 6) is 0. The molecule has 1 aliphatic rings. The fraction of sp³-hybridized carbons (Fsp3) is 0.0476. The SMILES string of the molecule is C=C/C=C\C(=C)C1=Cc2ccc(-c3ccc(-c4ccc5cc(-c6ccccc6)ccc5c4)c4ccccc34)cc2CC1. The van der Waals surface area contributed by atoms with Gasteiger partial charge in [0.15, 0.2) is 0 Å². The molecule has 0 N–H and O–H groups in total. The Labute approximate surface area is 248 Å². The Kier molecular flexibility index (Phi) is 6.74. The molecule has 0 radical (unpaired) electrons. The summed E-state index contributed by atoms with van der Waals surface area (Å²) in [6.07, 6.45) is 10.1. The molecule has 0 aromatic heterocycles. The predicted molar refractivity (Wildman–Crippen MR) is 183 cm³/mol. The van der Waals surface area contributed by atoms with Crippen molar-refractivity contribution >= 4 is 27.6 Å². The van der Waals surface area contributed by atoms with Crippen molar-refractivity contribution in [3.8, 4) is 33.4 Å². The van der Waals surface area contributed by atoms with Crippen LogP contribution in [-0.2, 0) is 6.42 Å². The van der Waals surface area contributed by atoms with E-state index in [1.165, 1.54) is 71.6 Å². The molecule has 0 nitrogen and oxygen atoms in total. The first kappa shape index (κ1) is 25.7. The van der Waals surface area contributed by atoms with Crippen LogP contribution in [0.5, 0.6) is 0 Å². The summed E-state index contributed by atoms with van der Waals surface area (Å²) in [6.45, 7) is 8.02. The van der Waals surface area contributed by atoms with Crippen molar-refractivity contribution in [2.75, 3.05) is 0 Å². The van der Waals surface area contributed by atoms with Gasteiger partial charge < -0.3 is 0 Å². The second-order valence-electron chi connectivity index (χ2n) is 11.1. The number of aryl methyl sites for hydroxylation is 1. The quantitative estimate of drug-likeness (QED) is 0.186. The van der Waals surface area contributed by atoms with E-state index in [9.17, 15) is 0 Å². The Morgan fingerprint density at radius 3 is 1.90 bits per heavy atom. The zero-order valence-corrected chi connectivity index (χ0v) is 23.7. The molecule has 42 heavy (non-hydrogen) atoms. The zero-order valence-electron chi connectivity index (χ0n) is 23.7. The number of hydrogen-bond donors (Lipinski definition) is 0. The van der Waals surface area contributed by atoms with Gasteiger partial charge in [0.2, 0.25) is 0 Å². The summed E-state index contributed by atoms with van der Waals surface area (Å²) < 4.78 is 0. The molecule has 0 unspecified atom stereocenters. The highest BCUT2D eigenvalue weighted by atomic mass is 14.2. The van der Waals surface area contributed by atoms with Crippen LogP contribution in [0.2, 0.25) is 0 Å². The van der Waals surface area contributed by atoms with Crippen molar-refractivity contribution in [2.45, 2.75) is 12.8 Å². The van der Waals surface area contributed by atoms with E-state index in [4.69, 9.17) is 0 Å². The number of hydrogen-bond acceptors (Lipinski definition) is 0. The summed E-state index contributed by atoms with van der Waals surface area (Å²) in [4.78, 5) is 0. The number of allylic oxidation sites excluding steroid dienone is 5. The largest absolute Gasteiger partial charge is 0.0991 e. The van der Waals surface area contributed by atoms with E-state index in [1.54, 1.807) is 6.08 Å². The van der Waals surface area contributed by atoms with Gasteiger partial charge in [0.1, 0.15) is 0 Å². The van der Waals surface area contributed by atoms with Crippen LogP contribution in [0.25, 0.3) is 61.0 Å². The molecule has 0 atom stereocenters. The highest BCUT2D eigenvalue weighted by Crippen LogP contribution is 2.39. The van der Waals surface area contributed by atoms with Gasteiger partial charge in [0.05, 0.1) is 0 Å². The van der Waals surface area contributed by atoms with E-state index in [2.05, 4.69) is 141 Å². The van der Waals surface area contributed by atoms with Crippen molar-refractivity contribution in [3.63, 3.8) is 0 Å².